The Bertz CT molecular complexity index is 648. The van der Waals surface area contributed by atoms with E-state index in [9.17, 15) is 13.2 Å². The van der Waals surface area contributed by atoms with Crippen molar-refractivity contribution in [3.63, 3.8) is 0 Å². The first kappa shape index (κ1) is 14.4. The molecule has 1 heterocycles. The van der Waals surface area contributed by atoms with E-state index in [2.05, 4.69) is 4.99 Å². The number of hydrogen-bond donors (Lipinski definition) is 0. The summed E-state index contributed by atoms with van der Waals surface area (Å²) in [6.45, 7) is 1.87. The molecule has 6 heteroatoms. The van der Waals surface area contributed by atoms with Crippen LogP contribution in [-0.4, -0.2) is 16.9 Å². The van der Waals surface area contributed by atoms with Crippen molar-refractivity contribution in [2.45, 2.75) is 13.1 Å². The van der Waals surface area contributed by atoms with Crippen LogP contribution in [0.25, 0.3) is 0 Å². The molecule has 0 N–H and O–H groups in total. The normalized spacial score (nSPS) is 19.1. The summed E-state index contributed by atoms with van der Waals surface area (Å²) in [7, 11) is 0. The third-order valence-corrected chi connectivity index (χ3v) is 3.21. The number of allylic oxidation sites excluding steroid dienone is 1. The van der Waals surface area contributed by atoms with Gasteiger partial charge in [0.15, 0.2) is 0 Å². The van der Waals surface area contributed by atoms with Crippen LogP contribution in [0.5, 0.6) is 0 Å². The van der Waals surface area contributed by atoms with E-state index in [0.29, 0.717) is 5.56 Å². The summed E-state index contributed by atoms with van der Waals surface area (Å²) in [6, 6.07) is 8.46. The molecule has 0 aromatic heterocycles. The van der Waals surface area contributed by atoms with Gasteiger partial charge in [0, 0.05) is 5.56 Å². The number of rotatable bonds is 1. The second-order valence-corrected chi connectivity index (χ2v) is 4.78. The van der Waals surface area contributed by atoms with Crippen LogP contribution in [0.4, 0.5) is 13.2 Å². The topological polar surface area (TPSA) is 36.1 Å². The van der Waals surface area contributed by atoms with E-state index in [1.165, 1.54) is 0 Å². The first-order valence-electron chi connectivity index (χ1n) is 5.71. The smallest absolute Gasteiger partial charge is 0.239 e. The molecule has 1 aromatic rings. The van der Waals surface area contributed by atoms with Gasteiger partial charge in [0.25, 0.3) is 0 Å². The monoisotopic (exact) mass is 294 g/mol. The molecule has 0 radical (unpaired) electrons. The molecule has 20 heavy (non-hydrogen) atoms. The lowest BCUT2D eigenvalue weighted by molar-refractivity contribution is -0.0947. The maximum Gasteiger partial charge on any atom is 0.414 e. The van der Waals surface area contributed by atoms with Gasteiger partial charge in [0.2, 0.25) is 0 Å². The minimum atomic E-state index is -4.60. The van der Waals surface area contributed by atoms with Crippen LogP contribution in [0.15, 0.2) is 40.9 Å². The Hall–Kier alpha value is -2.00. The molecule has 0 amide bonds. The van der Waals surface area contributed by atoms with Gasteiger partial charge in [0.05, 0.1) is 17.4 Å². The average Bonchev–Trinajstić information content (AvgIpc) is 2.37. The summed E-state index contributed by atoms with van der Waals surface area (Å²) in [5, 5.41) is 8.84. The van der Waals surface area contributed by atoms with Gasteiger partial charge in [-0.1, -0.05) is 42.0 Å². The van der Waals surface area contributed by atoms with Gasteiger partial charge >= 0.3 is 6.18 Å². The lowest BCUT2D eigenvalue weighted by Gasteiger charge is -2.20. The zero-order chi connectivity index (χ0) is 14.9. The average molecular weight is 294 g/mol. The molecule has 0 saturated carbocycles. The minimum Gasteiger partial charge on any atom is -0.239 e. The number of aryl methyl sites for hydroxylation is 1. The van der Waals surface area contributed by atoms with Gasteiger partial charge in [-0.25, -0.2) is 4.99 Å². The van der Waals surface area contributed by atoms with E-state index in [1.807, 2.05) is 6.92 Å². The van der Waals surface area contributed by atoms with Gasteiger partial charge in [0.1, 0.15) is 10.9 Å². The molecular formula is C14H9F3N2S. The van der Waals surface area contributed by atoms with Crippen molar-refractivity contribution in [2.75, 3.05) is 0 Å². The van der Waals surface area contributed by atoms with Crippen LogP contribution in [0.3, 0.4) is 0 Å². The lowest BCUT2D eigenvalue weighted by Crippen LogP contribution is -2.28. The molecule has 0 unspecified atom stereocenters. The van der Waals surface area contributed by atoms with E-state index >= 15 is 0 Å². The molecule has 102 valence electrons. The van der Waals surface area contributed by atoms with Crippen LogP contribution in [0.2, 0.25) is 0 Å². The van der Waals surface area contributed by atoms with Crippen molar-refractivity contribution in [1.82, 2.24) is 0 Å². The highest BCUT2D eigenvalue weighted by Gasteiger charge is 2.42. The summed E-state index contributed by atoms with van der Waals surface area (Å²) >= 11 is 4.82. The fourth-order valence-electron chi connectivity index (χ4n) is 1.82. The van der Waals surface area contributed by atoms with Crippen molar-refractivity contribution >= 4 is 22.9 Å². The van der Waals surface area contributed by atoms with E-state index < -0.39 is 17.7 Å². The Kier molecular flexibility index (Phi) is 3.73. The van der Waals surface area contributed by atoms with Crippen LogP contribution in [0.1, 0.15) is 11.1 Å². The summed E-state index contributed by atoms with van der Waals surface area (Å²) < 4.78 is 38.9. The van der Waals surface area contributed by atoms with Crippen LogP contribution in [0, 0.1) is 24.2 Å². The SMILES string of the molecule is Cc1ccc(C2=NC(=S)[C@H](C#N)C(C(F)(F)F)=C2)cc1. The molecule has 2 rings (SSSR count). The largest absolute Gasteiger partial charge is 0.414 e. The summed E-state index contributed by atoms with van der Waals surface area (Å²) in [5.41, 5.74) is 0.697. The summed E-state index contributed by atoms with van der Waals surface area (Å²) in [5.74, 6) is -1.51. The van der Waals surface area contributed by atoms with Gasteiger partial charge in [-0.15, -0.1) is 0 Å². The summed E-state index contributed by atoms with van der Waals surface area (Å²) in [4.78, 5) is 3.70. The molecule has 0 bridgehead atoms. The van der Waals surface area contributed by atoms with E-state index in [1.54, 1.807) is 30.3 Å². The molecule has 1 aromatic carbocycles. The molecular weight excluding hydrogens is 285 g/mol. The van der Waals surface area contributed by atoms with Gasteiger partial charge < -0.3 is 0 Å². The fraction of sp³-hybridized carbons (Fsp3) is 0.214. The Morgan fingerprint density at radius 1 is 1.25 bits per heavy atom. The highest BCUT2D eigenvalue weighted by Crippen LogP contribution is 2.35. The quantitative estimate of drug-likeness (QED) is 0.739. The van der Waals surface area contributed by atoms with E-state index in [4.69, 9.17) is 17.5 Å². The minimum absolute atomic E-state index is 0.133. The number of halogens is 3. The van der Waals surface area contributed by atoms with Gasteiger partial charge in [-0.3, -0.25) is 0 Å². The lowest BCUT2D eigenvalue weighted by atomic mass is 9.93. The zero-order valence-electron chi connectivity index (χ0n) is 10.4. The number of hydrogen-bond acceptors (Lipinski definition) is 2. The number of benzene rings is 1. The Morgan fingerprint density at radius 2 is 1.85 bits per heavy atom. The van der Waals surface area contributed by atoms with Crippen molar-refractivity contribution in [2.24, 2.45) is 10.9 Å². The first-order chi connectivity index (χ1) is 9.32. The fourth-order valence-corrected chi connectivity index (χ4v) is 2.10. The van der Waals surface area contributed by atoms with Crippen molar-refractivity contribution in [3.05, 3.63) is 47.0 Å². The first-order valence-corrected chi connectivity index (χ1v) is 6.11. The van der Waals surface area contributed by atoms with Crippen LogP contribution in [-0.2, 0) is 0 Å². The van der Waals surface area contributed by atoms with E-state index in [0.717, 1.165) is 11.6 Å². The molecule has 1 aliphatic rings. The second kappa shape index (κ2) is 5.17. The molecule has 0 saturated heterocycles. The van der Waals surface area contributed by atoms with Crippen molar-refractivity contribution in [3.8, 4) is 6.07 Å². The molecule has 2 nitrogen and oxygen atoms in total. The molecule has 1 aliphatic heterocycles. The Morgan fingerprint density at radius 3 is 2.35 bits per heavy atom. The maximum atomic E-state index is 13.0. The van der Waals surface area contributed by atoms with Crippen molar-refractivity contribution in [1.29, 1.82) is 5.26 Å². The number of dihydropyridines is 1. The number of alkyl halides is 3. The third-order valence-electron chi connectivity index (χ3n) is 2.88. The highest BCUT2D eigenvalue weighted by atomic mass is 32.1. The highest BCUT2D eigenvalue weighted by molar-refractivity contribution is 7.80. The summed E-state index contributed by atoms with van der Waals surface area (Å²) in [6.07, 6.45) is -3.70. The zero-order valence-corrected chi connectivity index (χ0v) is 11.2. The predicted octanol–water partition coefficient (Wildman–Crippen LogP) is 3.75. The number of aliphatic imine (C=N–C) groups is 1. The van der Waals surface area contributed by atoms with Crippen molar-refractivity contribution < 1.29 is 13.2 Å². The number of nitrogens with zero attached hydrogens (tertiary/aromatic N) is 2. The second-order valence-electron chi connectivity index (χ2n) is 4.36. The molecule has 0 aliphatic carbocycles. The van der Waals surface area contributed by atoms with Crippen LogP contribution < -0.4 is 0 Å². The maximum absolute atomic E-state index is 13.0. The standard InChI is InChI=1S/C14H9F3N2S/c1-8-2-4-9(5-3-8)12-6-11(14(15,16)17)10(7-18)13(20)19-12/h2-6,10H,1H3/t10-/m1/s1. The molecule has 0 fully saturated rings. The Balaban J connectivity index is 2.51. The molecule has 1 atom stereocenters. The van der Waals surface area contributed by atoms with Crippen LogP contribution >= 0.6 is 12.2 Å². The number of thiocarbonyl (C=S) groups is 1. The third kappa shape index (κ3) is 2.78. The predicted molar refractivity (Wildman–Crippen MR) is 73.6 cm³/mol. The Labute approximate surface area is 119 Å². The van der Waals surface area contributed by atoms with Gasteiger partial charge in [-0.05, 0) is 13.0 Å². The van der Waals surface area contributed by atoms with Gasteiger partial charge in [-0.2, -0.15) is 18.4 Å². The molecule has 0 spiro atoms. The van der Waals surface area contributed by atoms with E-state index in [-0.39, 0.29) is 10.7 Å². The number of nitriles is 1.